The molecule has 18 heavy (non-hydrogen) atoms. The van der Waals surface area contributed by atoms with Gasteiger partial charge in [0.2, 0.25) is 0 Å². The Morgan fingerprint density at radius 2 is 1.22 bits per heavy atom. The lowest BCUT2D eigenvalue weighted by Crippen LogP contribution is -1.92. The molecule has 0 radical (unpaired) electrons. The molecule has 0 N–H and O–H groups in total. The molecule has 0 bridgehead atoms. The highest BCUT2D eigenvalue weighted by Crippen LogP contribution is 2.42. The van der Waals surface area contributed by atoms with Gasteiger partial charge in [-0.25, -0.2) is 4.39 Å². The summed E-state index contributed by atoms with van der Waals surface area (Å²) in [5, 5.41) is 0. The van der Waals surface area contributed by atoms with Crippen LogP contribution in [0.3, 0.4) is 0 Å². The Balaban J connectivity index is 2.13. The molecule has 2 aromatic rings. The predicted octanol–water partition coefficient (Wildman–Crippen LogP) is 4.83. The SMILES string of the molecule is FC(=C(c1ccccc1)c1ccccc1)C1CC1. The van der Waals surface area contributed by atoms with Gasteiger partial charge in [0.15, 0.2) is 0 Å². The monoisotopic (exact) mass is 238 g/mol. The lowest BCUT2D eigenvalue weighted by molar-refractivity contribution is 0.582. The molecular formula is C17H15F. The van der Waals surface area contributed by atoms with Crippen molar-refractivity contribution < 1.29 is 4.39 Å². The molecule has 3 rings (SSSR count). The van der Waals surface area contributed by atoms with Crippen molar-refractivity contribution in [3.63, 3.8) is 0 Å². The van der Waals surface area contributed by atoms with E-state index in [0.29, 0.717) is 0 Å². The van der Waals surface area contributed by atoms with Crippen LogP contribution in [0.5, 0.6) is 0 Å². The van der Waals surface area contributed by atoms with Crippen molar-refractivity contribution in [2.75, 3.05) is 0 Å². The third kappa shape index (κ3) is 2.21. The van der Waals surface area contributed by atoms with Crippen LogP contribution in [0.25, 0.3) is 5.57 Å². The summed E-state index contributed by atoms with van der Waals surface area (Å²) < 4.78 is 14.5. The molecule has 0 nitrogen and oxygen atoms in total. The molecule has 0 amide bonds. The third-order valence-corrected chi connectivity index (χ3v) is 3.30. The van der Waals surface area contributed by atoms with Gasteiger partial charge < -0.3 is 0 Å². The van der Waals surface area contributed by atoms with Crippen molar-refractivity contribution in [1.29, 1.82) is 0 Å². The Labute approximate surface area is 107 Å². The average Bonchev–Trinajstić information content (AvgIpc) is 3.26. The van der Waals surface area contributed by atoms with Crippen molar-refractivity contribution in [1.82, 2.24) is 0 Å². The molecule has 0 unspecified atom stereocenters. The molecule has 0 heterocycles. The van der Waals surface area contributed by atoms with Gasteiger partial charge in [0, 0.05) is 11.5 Å². The first kappa shape index (κ1) is 11.2. The molecule has 1 saturated carbocycles. The van der Waals surface area contributed by atoms with Crippen LogP contribution >= 0.6 is 0 Å². The van der Waals surface area contributed by atoms with Gasteiger partial charge in [-0.3, -0.25) is 0 Å². The van der Waals surface area contributed by atoms with Crippen LogP contribution in [0.15, 0.2) is 66.5 Å². The van der Waals surface area contributed by atoms with Gasteiger partial charge in [0.25, 0.3) is 0 Å². The van der Waals surface area contributed by atoms with Crippen molar-refractivity contribution in [2.45, 2.75) is 12.8 Å². The van der Waals surface area contributed by atoms with E-state index in [1.807, 2.05) is 60.7 Å². The second-order valence-corrected chi connectivity index (χ2v) is 4.73. The zero-order valence-electron chi connectivity index (χ0n) is 10.1. The summed E-state index contributed by atoms with van der Waals surface area (Å²) in [4.78, 5) is 0. The Kier molecular flexibility index (Phi) is 2.97. The zero-order chi connectivity index (χ0) is 12.4. The molecule has 1 fully saturated rings. The first-order valence-corrected chi connectivity index (χ1v) is 6.37. The number of rotatable bonds is 3. The summed E-state index contributed by atoms with van der Waals surface area (Å²) >= 11 is 0. The largest absolute Gasteiger partial charge is 0.211 e. The number of hydrogen-bond donors (Lipinski definition) is 0. The highest BCUT2D eigenvalue weighted by molar-refractivity contribution is 5.81. The van der Waals surface area contributed by atoms with Gasteiger partial charge in [0.05, 0.1) is 0 Å². The molecule has 1 aliphatic rings. The number of allylic oxidation sites excluding steroid dienone is 1. The Hall–Kier alpha value is -1.89. The lowest BCUT2D eigenvalue weighted by Gasteiger charge is -2.10. The Bertz CT molecular complexity index is 509. The minimum absolute atomic E-state index is 0.0485. The van der Waals surface area contributed by atoms with Crippen LogP contribution in [-0.4, -0.2) is 0 Å². The Morgan fingerprint density at radius 1 is 0.778 bits per heavy atom. The minimum atomic E-state index is 0.0485. The van der Waals surface area contributed by atoms with E-state index < -0.39 is 0 Å². The summed E-state index contributed by atoms with van der Waals surface area (Å²) in [6.07, 6.45) is 1.96. The zero-order valence-corrected chi connectivity index (χ0v) is 10.1. The van der Waals surface area contributed by atoms with Crippen LogP contribution in [0.1, 0.15) is 24.0 Å². The van der Waals surface area contributed by atoms with Crippen LogP contribution in [-0.2, 0) is 0 Å². The molecule has 0 aliphatic heterocycles. The summed E-state index contributed by atoms with van der Waals surface area (Å²) in [7, 11) is 0. The molecule has 2 aromatic carbocycles. The summed E-state index contributed by atoms with van der Waals surface area (Å²) in [6.45, 7) is 0. The highest BCUT2D eigenvalue weighted by Gasteiger charge is 2.29. The van der Waals surface area contributed by atoms with E-state index in [-0.39, 0.29) is 11.7 Å². The Morgan fingerprint density at radius 3 is 1.61 bits per heavy atom. The van der Waals surface area contributed by atoms with Crippen molar-refractivity contribution in [2.24, 2.45) is 5.92 Å². The summed E-state index contributed by atoms with van der Waals surface area (Å²) in [5.41, 5.74) is 2.69. The van der Waals surface area contributed by atoms with Crippen LogP contribution in [0, 0.1) is 5.92 Å². The fourth-order valence-corrected chi connectivity index (χ4v) is 2.19. The summed E-state index contributed by atoms with van der Waals surface area (Å²) in [6, 6.07) is 19.7. The molecule has 0 atom stereocenters. The maximum Gasteiger partial charge on any atom is 0.111 e. The van der Waals surface area contributed by atoms with E-state index in [1.165, 1.54) is 0 Å². The fraction of sp³-hybridized carbons (Fsp3) is 0.176. The first-order chi connectivity index (χ1) is 8.86. The van der Waals surface area contributed by atoms with Gasteiger partial charge >= 0.3 is 0 Å². The molecule has 0 saturated heterocycles. The van der Waals surface area contributed by atoms with Crippen LogP contribution in [0.2, 0.25) is 0 Å². The lowest BCUT2D eigenvalue weighted by atomic mass is 9.96. The van der Waals surface area contributed by atoms with Crippen LogP contribution in [0.4, 0.5) is 4.39 Å². The number of benzene rings is 2. The van der Waals surface area contributed by atoms with E-state index in [4.69, 9.17) is 0 Å². The number of halogens is 1. The van der Waals surface area contributed by atoms with Gasteiger partial charge in [-0.2, -0.15) is 0 Å². The van der Waals surface area contributed by atoms with Gasteiger partial charge in [0.1, 0.15) is 5.83 Å². The van der Waals surface area contributed by atoms with E-state index in [0.717, 1.165) is 29.5 Å². The molecule has 90 valence electrons. The second-order valence-electron chi connectivity index (χ2n) is 4.73. The van der Waals surface area contributed by atoms with Crippen LogP contribution < -0.4 is 0 Å². The maximum absolute atomic E-state index is 14.5. The minimum Gasteiger partial charge on any atom is -0.211 e. The smallest absolute Gasteiger partial charge is 0.111 e. The molecule has 1 aliphatic carbocycles. The standard InChI is InChI=1S/C17H15F/c18-17(15-11-12-15)16(13-7-3-1-4-8-13)14-9-5-2-6-10-14/h1-10,15H,11-12H2. The van der Waals surface area contributed by atoms with Crippen molar-refractivity contribution in [3.05, 3.63) is 77.6 Å². The van der Waals surface area contributed by atoms with Gasteiger partial charge in [-0.15, -0.1) is 0 Å². The topological polar surface area (TPSA) is 0 Å². The van der Waals surface area contributed by atoms with Gasteiger partial charge in [-0.05, 0) is 24.0 Å². The second kappa shape index (κ2) is 4.77. The predicted molar refractivity (Wildman–Crippen MR) is 72.7 cm³/mol. The number of hydrogen-bond acceptors (Lipinski definition) is 0. The summed E-state index contributed by atoms with van der Waals surface area (Å²) in [5.74, 6) is 0.188. The first-order valence-electron chi connectivity index (χ1n) is 6.37. The quantitative estimate of drug-likeness (QED) is 0.718. The van der Waals surface area contributed by atoms with E-state index in [1.54, 1.807) is 0 Å². The molecule has 1 heteroatoms. The molecule has 0 spiro atoms. The highest BCUT2D eigenvalue weighted by atomic mass is 19.1. The van der Waals surface area contributed by atoms with E-state index in [2.05, 4.69) is 0 Å². The third-order valence-electron chi connectivity index (χ3n) is 3.30. The fourth-order valence-electron chi connectivity index (χ4n) is 2.19. The normalized spacial score (nSPS) is 14.3. The van der Waals surface area contributed by atoms with Gasteiger partial charge in [-0.1, -0.05) is 60.7 Å². The maximum atomic E-state index is 14.5. The molecule has 0 aromatic heterocycles. The molecular weight excluding hydrogens is 223 g/mol. The van der Waals surface area contributed by atoms with E-state index >= 15 is 0 Å². The average molecular weight is 238 g/mol. The van der Waals surface area contributed by atoms with Crippen molar-refractivity contribution >= 4 is 5.57 Å². The van der Waals surface area contributed by atoms with Crippen molar-refractivity contribution in [3.8, 4) is 0 Å². The van der Waals surface area contributed by atoms with E-state index in [9.17, 15) is 4.39 Å².